The van der Waals surface area contributed by atoms with E-state index in [2.05, 4.69) is 159 Å². The van der Waals surface area contributed by atoms with E-state index in [1.165, 1.54) is 44.2 Å². The molecule has 0 radical (unpaired) electrons. The van der Waals surface area contributed by atoms with E-state index in [0.29, 0.717) is 23.7 Å². The summed E-state index contributed by atoms with van der Waals surface area (Å²) in [6, 6.07) is 36.1. The summed E-state index contributed by atoms with van der Waals surface area (Å²) in [5.74, 6) is 1.52. The zero-order valence-corrected chi connectivity index (χ0v) is 30.2. The molecule has 0 amide bonds. The molecule has 0 aromatic heterocycles. The van der Waals surface area contributed by atoms with E-state index in [1.54, 1.807) is 0 Å². The first-order valence-corrected chi connectivity index (χ1v) is 20.5. The summed E-state index contributed by atoms with van der Waals surface area (Å²) in [4.78, 5) is 0. The van der Waals surface area contributed by atoms with E-state index >= 15 is 0 Å². The van der Waals surface area contributed by atoms with Gasteiger partial charge in [-0.3, -0.25) is 4.74 Å². The Balaban J connectivity index is 2.19. The molecule has 4 aromatic carbocycles. The highest BCUT2D eigenvalue weighted by Gasteiger charge is 2.30. The van der Waals surface area contributed by atoms with Crippen molar-refractivity contribution in [3.8, 4) is 0 Å². The fraction of sp³-hybridized carbons (Fsp3) is 0.400. The molecule has 0 spiro atoms. The third-order valence-electron chi connectivity index (χ3n) is 8.44. The van der Waals surface area contributed by atoms with Crippen LogP contribution < -0.4 is 10.6 Å². The molecule has 0 aliphatic carbocycles. The summed E-state index contributed by atoms with van der Waals surface area (Å²) in [5, 5.41) is 8.73. The number of nitrogens with zero attached hydrogens (tertiary/aromatic N) is 2. The second-order valence-electron chi connectivity index (χ2n) is 13.2. The topological polar surface area (TPSA) is 26.5 Å². The lowest BCUT2D eigenvalue weighted by Gasteiger charge is -2.47. The van der Waals surface area contributed by atoms with Crippen LogP contribution in [0.5, 0.6) is 0 Å². The van der Waals surface area contributed by atoms with Gasteiger partial charge in [-0.1, -0.05) is 177 Å². The molecule has 0 aliphatic heterocycles. The second kappa shape index (κ2) is 15.6. The minimum atomic E-state index is -2.29. The van der Waals surface area contributed by atoms with E-state index in [1.807, 2.05) is 0 Å². The summed E-state index contributed by atoms with van der Waals surface area (Å²) in [6.45, 7) is 18.5. The SMILES string of the molecule is CCCCP(=Nc1c(C(C)C)cccc1C(C)C)(c1ccccc1)P([N-]c1c(C(C)C)cccc1C(C)C)c1ccccc1. The van der Waals surface area contributed by atoms with Gasteiger partial charge in [0.05, 0.1) is 5.69 Å². The lowest BCUT2D eigenvalue weighted by Crippen LogP contribution is -2.12. The van der Waals surface area contributed by atoms with E-state index in [9.17, 15) is 0 Å². The Morgan fingerprint density at radius 1 is 0.591 bits per heavy atom. The Labute approximate surface area is 269 Å². The Kier molecular flexibility index (Phi) is 12.1. The number of rotatable bonds is 13. The van der Waals surface area contributed by atoms with Crippen molar-refractivity contribution in [3.05, 3.63) is 124 Å². The van der Waals surface area contributed by atoms with Gasteiger partial charge in [0.1, 0.15) is 0 Å². The summed E-state index contributed by atoms with van der Waals surface area (Å²) >= 11 is 0. The largest absolute Gasteiger partial charge is 0.651 e. The van der Waals surface area contributed by atoms with Crippen LogP contribution in [0.1, 0.15) is 121 Å². The van der Waals surface area contributed by atoms with Crippen LogP contribution in [0, 0.1) is 0 Å². The molecule has 0 N–H and O–H groups in total. The third-order valence-corrected chi connectivity index (χ3v) is 17.2. The Bertz CT molecular complexity index is 1490. The minimum Gasteiger partial charge on any atom is -0.651 e. The number of unbranched alkanes of at least 4 members (excludes halogenated alkanes) is 1. The molecule has 0 saturated heterocycles. The van der Waals surface area contributed by atoms with Crippen LogP contribution in [0.25, 0.3) is 5.09 Å². The zero-order valence-electron chi connectivity index (χ0n) is 28.5. The highest BCUT2D eigenvalue weighted by molar-refractivity contribution is 8.41. The fourth-order valence-corrected chi connectivity index (χ4v) is 15.2. The summed E-state index contributed by atoms with van der Waals surface area (Å²) in [5.41, 5.74) is 7.78. The predicted octanol–water partition coefficient (Wildman–Crippen LogP) is 13.5. The first-order chi connectivity index (χ1) is 21.1. The van der Waals surface area contributed by atoms with Crippen molar-refractivity contribution in [2.24, 2.45) is 4.74 Å². The molecule has 2 unspecified atom stereocenters. The van der Waals surface area contributed by atoms with Crippen LogP contribution in [0.15, 0.2) is 102 Å². The fourth-order valence-electron chi connectivity index (χ4n) is 5.93. The van der Waals surface area contributed by atoms with Gasteiger partial charge in [-0.2, -0.15) is 0 Å². The Morgan fingerprint density at radius 3 is 1.50 bits per heavy atom. The predicted molar refractivity (Wildman–Crippen MR) is 200 cm³/mol. The lowest BCUT2D eigenvalue weighted by molar-refractivity contribution is 0.835. The highest BCUT2D eigenvalue weighted by Crippen LogP contribution is 2.82. The second-order valence-corrected chi connectivity index (χ2v) is 20.2. The van der Waals surface area contributed by atoms with Gasteiger partial charge in [-0.15, -0.1) is 13.4 Å². The quantitative estimate of drug-likeness (QED) is 0.133. The van der Waals surface area contributed by atoms with Gasteiger partial charge in [0.2, 0.25) is 0 Å². The molecule has 0 bridgehead atoms. The van der Waals surface area contributed by atoms with Crippen LogP contribution in [0.4, 0.5) is 11.4 Å². The summed E-state index contributed by atoms with van der Waals surface area (Å²) < 4.78 is 6.21. The first kappa shape index (κ1) is 34.2. The maximum atomic E-state index is 6.21. The van der Waals surface area contributed by atoms with E-state index in [0.717, 1.165) is 19.0 Å². The van der Waals surface area contributed by atoms with Gasteiger partial charge in [-0.25, -0.2) is 0 Å². The first-order valence-electron chi connectivity index (χ1n) is 16.6. The van der Waals surface area contributed by atoms with Gasteiger partial charge in [0.25, 0.3) is 0 Å². The van der Waals surface area contributed by atoms with Crippen molar-refractivity contribution in [3.63, 3.8) is 0 Å². The molecular weight excluding hydrogens is 570 g/mol. The average Bonchev–Trinajstić information content (AvgIpc) is 3.02. The van der Waals surface area contributed by atoms with Crippen LogP contribution in [0.3, 0.4) is 0 Å². The average molecular weight is 624 g/mol. The van der Waals surface area contributed by atoms with Gasteiger partial charge in [-0.05, 0) is 58.0 Å². The molecule has 2 nitrogen and oxygen atoms in total. The molecule has 234 valence electrons. The van der Waals surface area contributed by atoms with E-state index < -0.39 is 14.5 Å². The van der Waals surface area contributed by atoms with Crippen molar-refractivity contribution >= 4 is 36.5 Å². The third kappa shape index (κ3) is 7.58. The lowest BCUT2D eigenvalue weighted by atomic mass is 9.93. The van der Waals surface area contributed by atoms with Crippen LogP contribution in [-0.4, -0.2) is 6.16 Å². The van der Waals surface area contributed by atoms with Crippen molar-refractivity contribution in [1.82, 2.24) is 0 Å². The smallest absolute Gasteiger partial charge is 0.0690 e. The molecule has 0 heterocycles. The van der Waals surface area contributed by atoms with Gasteiger partial charge >= 0.3 is 0 Å². The monoisotopic (exact) mass is 623 g/mol. The number of hydrogen-bond donors (Lipinski definition) is 0. The van der Waals surface area contributed by atoms with E-state index in [-0.39, 0.29) is 0 Å². The van der Waals surface area contributed by atoms with Gasteiger partial charge in [0.15, 0.2) is 0 Å². The van der Waals surface area contributed by atoms with Crippen LogP contribution in [0.2, 0.25) is 0 Å². The zero-order chi connectivity index (χ0) is 31.9. The van der Waals surface area contributed by atoms with Gasteiger partial charge < -0.3 is 5.09 Å². The van der Waals surface area contributed by atoms with Crippen molar-refractivity contribution < 1.29 is 0 Å². The number of benzene rings is 4. The Morgan fingerprint density at radius 2 is 1.05 bits per heavy atom. The maximum Gasteiger partial charge on any atom is 0.0690 e. The van der Waals surface area contributed by atoms with Gasteiger partial charge in [0, 0.05) is 6.74 Å². The minimum absolute atomic E-state index is 0.380. The molecule has 4 aromatic rings. The molecule has 0 saturated carbocycles. The van der Waals surface area contributed by atoms with Crippen molar-refractivity contribution in [2.45, 2.75) is 98.8 Å². The van der Waals surface area contributed by atoms with Crippen LogP contribution in [-0.2, 0) is 0 Å². The molecule has 2 atom stereocenters. The summed E-state index contributed by atoms with van der Waals surface area (Å²) in [6.07, 6.45) is 3.30. The summed E-state index contributed by atoms with van der Waals surface area (Å²) in [7, 11) is -1.07. The van der Waals surface area contributed by atoms with Crippen LogP contribution >= 0.6 is 14.5 Å². The number of hydrogen-bond acceptors (Lipinski definition) is 1. The van der Waals surface area contributed by atoms with Crippen molar-refractivity contribution in [1.29, 1.82) is 0 Å². The van der Waals surface area contributed by atoms with Crippen molar-refractivity contribution in [2.75, 3.05) is 6.16 Å². The molecule has 44 heavy (non-hydrogen) atoms. The molecule has 4 rings (SSSR count). The molecular formula is C40H53N2P2-. The molecule has 0 aliphatic rings. The molecule has 4 heteroatoms. The molecule has 0 fully saturated rings. The Hall–Kier alpha value is -2.66. The maximum absolute atomic E-state index is 6.21. The normalized spacial score (nSPS) is 13.8. The van der Waals surface area contributed by atoms with E-state index in [4.69, 9.17) is 9.83 Å². The standard InChI is InChI=1S/C40H53N2P2/c1-10-11-28-44(34-22-16-13-17-23-34,42-40-37(31(6)7)26-19-27-38(40)32(8)9)43(33-20-14-12-15-21-33)41-39-35(29(2)3)24-18-25-36(39)30(4)5/h12-27,29-32H,10-11,28H2,1-9H3/q-1. The highest BCUT2D eigenvalue weighted by atomic mass is 32.1.